The largest absolute Gasteiger partial charge is 0.377 e. The summed E-state index contributed by atoms with van der Waals surface area (Å²) in [6, 6.07) is 7.48. The molecule has 4 N–H and O–H groups in total. The first-order valence-corrected chi connectivity index (χ1v) is 24.4. The van der Waals surface area contributed by atoms with E-state index in [2.05, 4.69) is 20.6 Å². The summed E-state index contributed by atoms with van der Waals surface area (Å²) in [5, 5.41) is 2.99. The average molecular weight is 1070 g/mol. The van der Waals surface area contributed by atoms with Gasteiger partial charge in [-0.1, -0.05) is 52.5 Å². The molecule has 9 nitrogen and oxygen atoms in total. The first-order valence-electron chi connectivity index (χ1n) is 20.4. The van der Waals surface area contributed by atoms with Gasteiger partial charge in [-0.2, -0.15) is 0 Å². The minimum atomic E-state index is -1.87. The summed E-state index contributed by atoms with van der Waals surface area (Å²) >= 11 is 76.8. The van der Waals surface area contributed by atoms with Crippen molar-refractivity contribution in [2.45, 2.75) is 51.2 Å². The van der Waals surface area contributed by atoms with Gasteiger partial charge in [0.1, 0.15) is 20.5 Å². The maximum absolute atomic E-state index is 8.41. The molecule has 11 rings (SSSR count). The molecule has 0 amide bonds. The minimum Gasteiger partial charge on any atom is -0.377 e. The zero-order valence-electron chi connectivity index (χ0n) is 33.7. The molecule has 11 unspecified atom stereocenters. The molecule has 11 heterocycles. The van der Waals surface area contributed by atoms with Gasteiger partial charge in [0.05, 0.1) is 45.0 Å². The second-order valence-corrected chi connectivity index (χ2v) is 22.4. The Morgan fingerprint density at radius 3 is 2.14 bits per heavy atom. The highest BCUT2D eigenvalue weighted by molar-refractivity contribution is 6.51. The van der Waals surface area contributed by atoms with Crippen LogP contribution in [0.3, 0.4) is 0 Å². The first-order chi connectivity index (χ1) is 30.8. The van der Waals surface area contributed by atoms with Crippen LogP contribution in [-0.4, -0.2) is 92.3 Å². The Morgan fingerprint density at radius 2 is 1.42 bits per heavy atom. The molecule has 2 aromatic rings. The zero-order valence-corrected chi connectivity index (χ0v) is 41.2. The summed E-state index contributed by atoms with van der Waals surface area (Å²) in [6.45, 7) is 0.530. The summed E-state index contributed by atoms with van der Waals surface area (Å²) in [6.07, 6.45) is 29.5. The highest BCUT2D eigenvalue weighted by atomic mass is 35.5. The smallest absolute Gasteiger partial charge is 0.178 e. The first kappa shape index (κ1) is 44.4. The number of hydrogen-bond donors (Lipinski definition) is 4. The van der Waals surface area contributed by atoms with E-state index in [1.165, 1.54) is 0 Å². The van der Waals surface area contributed by atoms with Gasteiger partial charge < -0.3 is 25.5 Å². The van der Waals surface area contributed by atoms with E-state index in [-0.39, 0.29) is 5.71 Å². The van der Waals surface area contributed by atoms with Crippen molar-refractivity contribution in [3.8, 4) is 0 Å². The lowest BCUT2D eigenvalue weighted by Crippen LogP contribution is -2.61. The maximum atomic E-state index is 8.41. The Hall–Kier alpha value is -3.06. The van der Waals surface area contributed by atoms with Crippen LogP contribution < -0.4 is 10.6 Å². The van der Waals surface area contributed by atoms with Crippen molar-refractivity contribution < 1.29 is 0 Å². The summed E-state index contributed by atoms with van der Waals surface area (Å²) in [7, 11) is 1.95. The molecule has 2 aromatic heterocycles. The van der Waals surface area contributed by atoms with Gasteiger partial charge in [-0.25, -0.2) is 9.98 Å². The molecule has 16 bridgehead atoms. The standard InChI is InChI=1S/C46H34Cl10N9/c1-65-16-12-23(13-17-65)43(53)36-11-15-42(52,64-36)44(54,35-9-7-28(60-35)19-25-2-3-26(57-25)20-30-22-34(47)46(43,56)61-30)37-33-21-29-5-4-24(58-29)18-27-6-8-31(59-27)38(48)41(51)14-10-32(62-41)39(49)45(55,63-33)40(37)50/h2-16,18-22,34,37-40,59-61,63H,17H2,1H3. The van der Waals surface area contributed by atoms with Crippen LogP contribution in [0, 0.1) is 12.3 Å². The van der Waals surface area contributed by atoms with Crippen LogP contribution in [0.2, 0.25) is 0 Å². The Kier molecular flexibility index (Phi) is 10.6. The van der Waals surface area contributed by atoms with Crippen LogP contribution in [0.4, 0.5) is 0 Å². The topological polar surface area (TPSA) is 108 Å². The third kappa shape index (κ3) is 6.76. The number of H-pyrrole nitrogens is 2. The van der Waals surface area contributed by atoms with Crippen molar-refractivity contribution in [2.75, 3.05) is 13.6 Å². The van der Waals surface area contributed by atoms with Gasteiger partial charge >= 0.3 is 0 Å². The Labute approximate surface area is 424 Å². The molecule has 11 atom stereocenters. The number of hydrogen-bond acceptors (Lipinski definition) is 7. The third-order valence-electron chi connectivity index (χ3n) is 12.9. The minimum absolute atomic E-state index is 0.284. The molecule has 0 aromatic carbocycles. The fourth-order valence-corrected chi connectivity index (χ4v) is 13.4. The molecular weight excluding hydrogens is 1030 g/mol. The van der Waals surface area contributed by atoms with Crippen molar-refractivity contribution in [1.82, 2.24) is 25.5 Å². The number of likely N-dealkylation sites (N-methyl/N-ethyl adjacent to an activating group) is 1. The van der Waals surface area contributed by atoms with Crippen LogP contribution in [0.25, 0.3) is 12.2 Å². The summed E-state index contributed by atoms with van der Waals surface area (Å²) in [5.41, 5.74) is 7.42. The number of aliphatic imine (C=N–C) groups is 4. The lowest BCUT2D eigenvalue weighted by Gasteiger charge is -2.45. The Morgan fingerprint density at radius 1 is 0.708 bits per heavy atom. The number of aromatic nitrogens is 2. The Balaban J connectivity index is 1.14. The summed E-state index contributed by atoms with van der Waals surface area (Å²) in [5.74, 6) is -1.02. The molecule has 0 aliphatic carbocycles. The molecule has 2 saturated heterocycles. The fraction of sp³-hybridized carbons (Fsp3) is 0.283. The molecule has 19 heteroatoms. The number of alkyl halides is 10. The van der Waals surface area contributed by atoms with Crippen LogP contribution >= 0.6 is 116 Å². The monoisotopic (exact) mass is 1060 g/mol. The highest BCUT2D eigenvalue weighted by Crippen LogP contribution is 2.62. The van der Waals surface area contributed by atoms with E-state index in [4.69, 9.17) is 136 Å². The number of allylic oxidation sites excluding steroid dienone is 11. The van der Waals surface area contributed by atoms with E-state index in [0.29, 0.717) is 69.1 Å². The molecule has 65 heavy (non-hydrogen) atoms. The van der Waals surface area contributed by atoms with Gasteiger partial charge in [0.2, 0.25) is 0 Å². The van der Waals surface area contributed by atoms with E-state index in [9.17, 15) is 0 Å². The lowest BCUT2D eigenvalue weighted by molar-refractivity contribution is 0.358. The molecule has 9 aliphatic heterocycles. The SMILES string of the molecule is CN1C=CC(C2(Cl)C3=NC(Cl)(C=C3)C(Cl)(C3C4=CC5=NC(=Cc6ccc([nH]6)C(Cl)C6(Cl)C=CC(=N6)C(Cl)C(Cl)(N4)C3Cl)C=C5)c3ccc([nH]3)C=C3C=CC(=N3)C=C3[CH]C(Cl)C2(Cl)N3)=CC1. The number of aromatic amines is 2. The van der Waals surface area contributed by atoms with Gasteiger partial charge in [0, 0.05) is 60.1 Å². The molecule has 2 fully saturated rings. The van der Waals surface area contributed by atoms with Crippen molar-refractivity contribution in [1.29, 1.82) is 0 Å². The molecule has 333 valence electrons. The highest BCUT2D eigenvalue weighted by Gasteiger charge is 2.69. The second kappa shape index (κ2) is 15.5. The number of fused-ring (bicyclic) bond motifs is 12. The predicted octanol–water partition coefficient (Wildman–Crippen LogP) is 11.2. The molecule has 1 radical (unpaired) electrons. The van der Waals surface area contributed by atoms with Gasteiger partial charge in [0.25, 0.3) is 0 Å². The average Bonchev–Trinajstić information content (AvgIpc) is 4.14. The lowest BCUT2D eigenvalue weighted by atomic mass is 9.78. The molecular formula is C46H34Cl10N9. The molecule has 0 spiro atoms. The normalized spacial score (nSPS) is 39.8. The van der Waals surface area contributed by atoms with Gasteiger partial charge in [-0.3, -0.25) is 9.98 Å². The molecule has 0 saturated carbocycles. The van der Waals surface area contributed by atoms with Crippen LogP contribution in [-0.2, 0) is 4.87 Å². The quantitative estimate of drug-likeness (QED) is 0.178. The van der Waals surface area contributed by atoms with Crippen LogP contribution in [0.1, 0.15) is 28.2 Å². The maximum Gasteiger partial charge on any atom is 0.178 e. The number of halogens is 10. The van der Waals surface area contributed by atoms with E-state index in [0.717, 1.165) is 5.69 Å². The van der Waals surface area contributed by atoms with Crippen molar-refractivity contribution >= 4 is 151 Å². The van der Waals surface area contributed by atoms with Crippen LogP contribution in [0.15, 0.2) is 152 Å². The van der Waals surface area contributed by atoms with Crippen LogP contribution in [0.5, 0.6) is 0 Å². The van der Waals surface area contributed by atoms with Gasteiger partial charge in [0.15, 0.2) is 20.0 Å². The number of nitrogens with one attached hydrogen (secondary N) is 4. The Bertz CT molecular complexity index is 2910. The van der Waals surface area contributed by atoms with E-state index in [1.807, 2.05) is 110 Å². The van der Waals surface area contributed by atoms with Crippen molar-refractivity contribution in [2.24, 2.45) is 25.9 Å². The van der Waals surface area contributed by atoms with E-state index in [1.54, 1.807) is 24.3 Å². The fourth-order valence-electron chi connectivity index (χ4n) is 9.56. The number of rotatable bonds is 2. The molecule has 9 aliphatic rings. The summed E-state index contributed by atoms with van der Waals surface area (Å²) in [4.78, 5) is 18.8. The predicted molar refractivity (Wildman–Crippen MR) is 272 cm³/mol. The third-order valence-corrected chi connectivity index (χ3v) is 19.3. The van der Waals surface area contributed by atoms with Gasteiger partial charge in [-0.05, 0) is 115 Å². The zero-order chi connectivity index (χ0) is 45.5. The van der Waals surface area contributed by atoms with E-state index < -0.39 is 57.2 Å². The summed E-state index contributed by atoms with van der Waals surface area (Å²) < 4.78 is 0. The number of nitrogens with zero attached hydrogens (tertiary/aromatic N) is 5. The second-order valence-electron chi connectivity index (χ2n) is 17.1. The van der Waals surface area contributed by atoms with Gasteiger partial charge in [-0.15, -0.1) is 69.6 Å². The van der Waals surface area contributed by atoms with Crippen molar-refractivity contribution in [3.63, 3.8) is 0 Å². The van der Waals surface area contributed by atoms with E-state index >= 15 is 0 Å². The van der Waals surface area contributed by atoms with Crippen molar-refractivity contribution in [3.05, 3.63) is 161 Å².